The molecule has 0 saturated carbocycles. The lowest BCUT2D eigenvalue weighted by atomic mass is 9.70. The minimum Gasteiger partial charge on any atom is -0.309 e. The number of benzene rings is 7. The number of rotatable bonds is 1. The first-order chi connectivity index (χ1) is 21.3. The zero-order valence-electron chi connectivity index (χ0n) is 23.2. The van der Waals surface area contributed by atoms with Gasteiger partial charge in [-0.05, 0) is 80.0 Å². The molecule has 0 N–H and O–H groups in total. The average molecular weight is 611 g/mol. The van der Waals surface area contributed by atoms with Gasteiger partial charge in [0, 0.05) is 26.5 Å². The summed E-state index contributed by atoms with van der Waals surface area (Å²) in [6.07, 6.45) is 0. The van der Waals surface area contributed by atoms with Crippen LogP contribution in [0.5, 0.6) is 0 Å². The third-order valence-electron chi connectivity index (χ3n) is 9.82. The maximum atomic E-state index is 3.81. The molecule has 8 aromatic rings. The van der Waals surface area contributed by atoms with Crippen LogP contribution in [0.1, 0.15) is 22.3 Å². The number of para-hydroxylation sites is 2. The highest BCUT2D eigenvalue weighted by molar-refractivity contribution is 9.10. The third-order valence-corrected chi connectivity index (χ3v) is 10.3. The number of nitrogens with zero attached hydrogens (tertiary/aromatic N) is 1. The van der Waals surface area contributed by atoms with Gasteiger partial charge in [-0.1, -0.05) is 131 Å². The molecule has 200 valence electrons. The smallest absolute Gasteiger partial charge is 0.0746 e. The normalized spacial score (nSPS) is 16.1. The van der Waals surface area contributed by atoms with Crippen molar-refractivity contribution in [3.63, 3.8) is 0 Å². The summed E-state index contributed by atoms with van der Waals surface area (Å²) in [5.74, 6) is 0. The fourth-order valence-corrected chi connectivity index (χ4v) is 8.75. The SMILES string of the molecule is Brc1ccc2c(c1)-c1ccccc1C21c2ccccc2-c2c1c1c(c3ccccc23)c2ccccc2n1-c1ccccc1. The molecule has 2 aliphatic carbocycles. The van der Waals surface area contributed by atoms with Crippen LogP contribution in [0, 0.1) is 0 Å². The second kappa shape index (κ2) is 8.34. The Hall–Kier alpha value is -4.92. The number of aromatic nitrogens is 1. The summed E-state index contributed by atoms with van der Waals surface area (Å²) in [6, 6.07) is 54.0. The van der Waals surface area contributed by atoms with Gasteiger partial charge in [0.1, 0.15) is 0 Å². The first kappa shape index (κ1) is 23.6. The Balaban J connectivity index is 1.56. The molecule has 1 atom stereocenters. The van der Waals surface area contributed by atoms with Crippen molar-refractivity contribution in [3.8, 4) is 27.9 Å². The van der Waals surface area contributed by atoms with E-state index in [1.807, 2.05) is 0 Å². The molecule has 2 heteroatoms. The van der Waals surface area contributed by atoms with E-state index in [9.17, 15) is 0 Å². The molecule has 1 unspecified atom stereocenters. The summed E-state index contributed by atoms with van der Waals surface area (Å²) in [5, 5.41) is 5.22. The fraction of sp³-hybridized carbons (Fsp3) is 0.0244. The Morgan fingerprint density at radius 1 is 0.488 bits per heavy atom. The number of hydrogen-bond donors (Lipinski definition) is 0. The van der Waals surface area contributed by atoms with E-state index in [-0.39, 0.29) is 0 Å². The summed E-state index contributed by atoms with van der Waals surface area (Å²) in [6.45, 7) is 0. The first-order valence-corrected chi connectivity index (χ1v) is 15.6. The summed E-state index contributed by atoms with van der Waals surface area (Å²) in [4.78, 5) is 0. The van der Waals surface area contributed by atoms with E-state index in [1.54, 1.807) is 0 Å². The van der Waals surface area contributed by atoms with Crippen LogP contribution < -0.4 is 0 Å². The third kappa shape index (κ3) is 2.78. The molecule has 1 spiro atoms. The van der Waals surface area contributed by atoms with Gasteiger partial charge in [-0.25, -0.2) is 0 Å². The van der Waals surface area contributed by atoms with E-state index in [1.165, 1.54) is 82.8 Å². The van der Waals surface area contributed by atoms with Crippen LogP contribution in [0.3, 0.4) is 0 Å². The van der Waals surface area contributed by atoms with Crippen molar-refractivity contribution in [3.05, 3.63) is 172 Å². The number of halogens is 1. The maximum absolute atomic E-state index is 3.81. The highest BCUT2D eigenvalue weighted by atomic mass is 79.9. The molecule has 43 heavy (non-hydrogen) atoms. The van der Waals surface area contributed by atoms with Crippen molar-refractivity contribution in [2.45, 2.75) is 5.41 Å². The Kier molecular flexibility index (Phi) is 4.58. The topological polar surface area (TPSA) is 4.93 Å². The zero-order valence-corrected chi connectivity index (χ0v) is 24.8. The highest BCUT2D eigenvalue weighted by Crippen LogP contribution is 2.66. The van der Waals surface area contributed by atoms with Crippen LogP contribution in [0.15, 0.2) is 150 Å². The van der Waals surface area contributed by atoms with Gasteiger partial charge in [0.2, 0.25) is 0 Å². The van der Waals surface area contributed by atoms with Crippen molar-refractivity contribution < 1.29 is 0 Å². The van der Waals surface area contributed by atoms with Gasteiger partial charge >= 0.3 is 0 Å². The Morgan fingerprint density at radius 2 is 1.09 bits per heavy atom. The van der Waals surface area contributed by atoms with Crippen LogP contribution in [-0.4, -0.2) is 4.57 Å². The summed E-state index contributed by atoms with van der Waals surface area (Å²) in [7, 11) is 0. The van der Waals surface area contributed by atoms with Crippen LogP contribution in [0.25, 0.3) is 60.5 Å². The van der Waals surface area contributed by atoms with E-state index in [4.69, 9.17) is 0 Å². The zero-order chi connectivity index (χ0) is 28.3. The van der Waals surface area contributed by atoms with Crippen molar-refractivity contribution in [1.82, 2.24) is 4.57 Å². The molecule has 1 heterocycles. The van der Waals surface area contributed by atoms with Gasteiger partial charge in [-0.3, -0.25) is 0 Å². The Labute approximate surface area is 257 Å². The molecule has 10 rings (SSSR count). The summed E-state index contributed by atoms with van der Waals surface area (Å²) < 4.78 is 3.63. The second-order valence-electron chi connectivity index (χ2n) is 11.7. The maximum Gasteiger partial charge on any atom is 0.0746 e. The number of fused-ring (bicyclic) bond motifs is 17. The van der Waals surface area contributed by atoms with E-state index in [0.717, 1.165) is 4.47 Å². The molecule has 0 radical (unpaired) electrons. The van der Waals surface area contributed by atoms with Gasteiger partial charge in [0.15, 0.2) is 0 Å². The van der Waals surface area contributed by atoms with E-state index in [2.05, 4.69) is 166 Å². The molecule has 2 aliphatic rings. The quantitative estimate of drug-likeness (QED) is 0.174. The summed E-state index contributed by atoms with van der Waals surface area (Å²) >= 11 is 3.81. The molecule has 0 fully saturated rings. The second-order valence-corrected chi connectivity index (χ2v) is 12.7. The molecular weight excluding hydrogens is 586 g/mol. The van der Waals surface area contributed by atoms with Gasteiger partial charge in [0.05, 0.1) is 16.4 Å². The standard InChI is InChI=1S/C41H24BrN/c42-25-22-23-35-32(24-25)27-14-6-9-19-33(27)41(35)34-20-10-7-17-30(34)37-28-15-4-5-16-29(28)38-31-18-8-11-21-36(31)43(40(38)39(37)41)26-12-2-1-3-13-26/h1-24H. The molecule has 1 aromatic heterocycles. The molecule has 1 nitrogen and oxygen atoms in total. The lowest BCUT2D eigenvalue weighted by Crippen LogP contribution is -2.26. The average Bonchev–Trinajstić information content (AvgIpc) is 3.67. The molecule has 0 aliphatic heterocycles. The van der Waals surface area contributed by atoms with Gasteiger partial charge in [-0.15, -0.1) is 0 Å². The summed E-state index contributed by atoms with van der Waals surface area (Å²) in [5.41, 5.74) is 14.0. The van der Waals surface area contributed by atoms with Crippen molar-refractivity contribution in [2.75, 3.05) is 0 Å². The van der Waals surface area contributed by atoms with Crippen LogP contribution in [-0.2, 0) is 5.41 Å². The van der Waals surface area contributed by atoms with Crippen LogP contribution >= 0.6 is 15.9 Å². The molecular formula is C41H24BrN. The predicted octanol–water partition coefficient (Wildman–Crippen LogP) is 11.0. The first-order valence-electron chi connectivity index (χ1n) is 14.8. The number of hydrogen-bond acceptors (Lipinski definition) is 0. The Bertz CT molecular complexity index is 2470. The van der Waals surface area contributed by atoms with Crippen molar-refractivity contribution >= 4 is 48.5 Å². The molecule has 0 bridgehead atoms. The van der Waals surface area contributed by atoms with Gasteiger partial charge < -0.3 is 4.57 Å². The fourth-order valence-electron chi connectivity index (χ4n) is 8.39. The van der Waals surface area contributed by atoms with Crippen LogP contribution in [0.4, 0.5) is 0 Å². The monoisotopic (exact) mass is 609 g/mol. The van der Waals surface area contributed by atoms with Crippen molar-refractivity contribution in [2.24, 2.45) is 0 Å². The minimum atomic E-state index is -0.457. The Morgan fingerprint density at radius 3 is 1.91 bits per heavy atom. The largest absolute Gasteiger partial charge is 0.309 e. The van der Waals surface area contributed by atoms with Gasteiger partial charge in [-0.2, -0.15) is 0 Å². The van der Waals surface area contributed by atoms with E-state index in [0.29, 0.717) is 0 Å². The minimum absolute atomic E-state index is 0.457. The molecule has 0 amide bonds. The lowest BCUT2D eigenvalue weighted by molar-refractivity contribution is 0.797. The van der Waals surface area contributed by atoms with E-state index >= 15 is 0 Å². The van der Waals surface area contributed by atoms with Gasteiger partial charge in [0.25, 0.3) is 0 Å². The highest BCUT2D eigenvalue weighted by Gasteiger charge is 2.53. The predicted molar refractivity (Wildman–Crippen MR) is 182 cm³/mol. The molecule has 7 aromatic carbocycles. The van der Waals surface area contributed by atoms with Crippen LogP contribution in [0.2, 0.25) is 0 Å². The van der Waals surface area contributed by atoms with Crippen molar-refractivity contribution in [1.29, 1.82) is 0 Å². The van der Waals surface area contributed by atoms with E-state index < -0.39 is 5.41 Å². The lowest BCUT2D eigenvalue weighted by Gasteiger charge is -2.31. The molecule has 0 saturated heterocycles.